The Morgan fingerprint density at radius 1 is 1.11 bits per heavy atom. The van der Waals surface area contributed by atoms with Crippen LogP contribution in [0.1, 0.15) is 51.5 Å². The van der Waals surface area contributed by atoms with Gasteiger partial charge < -0.3 is 15.7 Å². The highest BCUT2D eigenvalue weighted by atomic mass is 16.2. The zero-order valence-corrected chi connectivity index (χ0v) is 12.2. The van der Waals surface area contributed by atoms with Gasteiger partial charge in [0.15, 0.2) is 0 Å². The molecular weight excluding hydrogens is 240 g/mol. The SMILES string of the molecule is CCCNc1ncnc(NCCCCO)c1C(C)C. The summed E-state index contributed by atoms with van der Waals surface area (Å²) >= 11 is 0. The Bertz CT molecular complexity index is 368. The lowest BCUT2D eigenvalue weighted by molar-refractivity contribution is 0.286. The molecule has 1 aromatic heterocycles. The maximum absolute atomic E-state index is 8.78. The highest BCUT2D eigenvalue weighted by molar-refractivity contribution is 5.58. The number of aliphatic hydroxyl groups is 1. The fourth-order valence-corrected chi connectivity index (χ4v) is 1.91. The molecule has 19 heavy (non-hydrogen) atoms. The van der Waals surface area contributed by atoms with Gasteiger partial charge in [0.05, 0.1) is 0 Å². The van der Waals surface area contributed by atoms with Crippen LogP contribution in [0.4, 0.5) is 11.6 Å². The van der Waals surface area contributed by atoms with E-state index >= 15 is 0 Å². The van der Waals surface area contributed by atoms with Crippen LogP contribution in [-0.4, -0.2) is 34.8 Å². The van der Waals surface area contributed by atoms with Gasteiger partial charge in [-0.25, -0.2) is 9.97 Å². The zero-order valence-electron chi connectivity index (χ0n) is 12.2. The second-order valence-corrected chi connectivity index (χ2v) is 4.92. The molecule has 1 heterocycles. The Kier molecular flexibility index (Phi) is 7.18. The van der Waals surface area contributed by atoms with E-state index in [0.29, 0.717) is 5.92 Å². The standard InChI is InChI=1S/C14H26N4O/c1-4-7-15-13-12(11(2)3)14(18-10-17-13)16-8-5-6-9-19/h10-11,19H,4-9H2,1-3H3,(H2,15,16,17,18). The highest BCUT2D eigenvalue weighted by Gasteiger charge is 2.14. The number of unbranched alkanes of at least 4 members (excludes halogenated alkanes) is 1. The lowest BCUT2D eigenvalue weighted by Gasteiger charge is -2.17. The summed E-state index contributed by atoms with van der Waals surface area (Å²) in [5.74, 6) is 2.19. The summed E-state index contributed by atoms with van der Waals surface area (Å²) in [7, 11) is 0. The Balaban J connectivity index is 2.77. The number of aromatic nitrogens is 2. The molecule has 0 radical (unpaired) electrons. The van der Waals surface area contributed by atoms with E-state index in [-0.39, 0.29) is 6.61 Å². The molecule has 0 aliphatic heterocycles. The maximum Gasteiger partial charge on any atom is 0.134 e. The summed E-state index contributed by atoms with van der Waals surface area (Å²) in [6.45, 7) is 8.41. The van der Waals surface area contributed by atoms with E-state index in [4.69, 9.17) is 5.11 Å². The second-order valence-electron chi connectivity index (χ2n) is 4.92. The van der Waals surface area contributed by atoms with E-state index in [2.05, 4.69) is 41.4 Å². The van der Waals surface area contributed by atoms with E-state index in [1.165, 1.54) is 0 Å². The van der Waals surface area contributed by atoms with Gasteiger partial charge in [0.2, 0.25) is 0 Å². The van der Waals surface area contributed by atoms with Crippen molar-refractivity contribution in [1.82, 2.24) is 9.97 Å². The number of nitrogens with zero attached hydrogens (tertiary/aromatic N) is 2. The molecule has 1 rings (SSSR count). The lowest BCUT2D eigenvalue weighted by Crippen LogP contribution is -2.12. The average Bonchev–Trinajstić information content (AvgIpc) is 2.41. The van der Waals surface area contributed by atoms with Crippen molar-refractivity contribution in [2.75, 3.05) is 30.3 Å². The van der Waals surface area contributed by atoms with Crippen LogP contribution in [0.3, 0.4) is 0 Å². The van der Waals surface area contributed by atoms with Crippen LogP contribution in [0.2, 0.25) is 0 Å². The molecule has 1 aromatic rings. The predicted octanol–water partition coefficient (Wildman–Crippen LogP) is 2.61. The minimum absolute atomic E-state index is 0.242. The van der Waals surface area contributed by atoms with E-state index in [1.54, 1.807) is 6.33 Å². The lowest BCUT2D eigenvalue weighted by atomic mass is 10.0. The molecular formula is C14H26N4O. The smallest absolute Gasteiger partial charge is 0.134 e. The van der Waals surface area contributed by atoms with E-state index < -0.39 is 0 Å². The molecule has 0 fully saturated rings. The number of hydrogen-bond donors (Lipinski definition) is 3. The van der Waals surface area contributed by atoms with Crippen LogP contribution in [0.5, 0.6) is 0 Å². The number of hydrogen-bond acceptors (Lipinski definition) is 5. The maximum atomic E-state index is 8.78. The van der Waals surface area contributed by atoms with Gasteiger partial charge in [-0.3, -0.25) is 0 Å². The first-order valence-corrected chi connectivity index (χ1v) is 7.14. The highest BCUT2D eigenvalue weighted by Crippen LogP contribution is 2.28. The van der Waals surface area contributed by atoms with E-state index in [9.17, 15) is 0 Å². The van der Waals surface area contributed by atoms with Crippen molar-refractivity contribution < 1.29 is 5.11 Å². The normalized spacial score (nSPS) is 10.8. The first kappa shape index (κ1) is 15.7. The minimum atomic E-state index is 0.242. The van der Waals surface area contributed by atoms with Gasteiger partial charge >= 0.3 is 0 Å². The van der Waals surface area contributed by atoms with Crippen molar-refractivity contribution in [3.63, 3.8) is 0 Å². The molecule has 0 aliphatic carbocycles. The summed E-state index contributed by atoms with van der Waals surface area (Å²) < 4.78 is 0. The molecule has 0 saturated carbocycles. The van der Waals surface area contributed by atoms with E-state index in [1.807, 2.05) is 0 Å². The summed E-state index contributed by atoms with van der Waals surface area (Å²) in [6.07, 6.45) is 4.42. The van der Waals surface area contributed by atoms with Gasteiger partial charge in [0.25, 0.3) is 0 Å². The molecule has 0 atom stereocenters. The zero-order chi connectivity index (χ0) is 14.1. The van der Waals surface area contributed by atoms with Gasteiger partial charge in [0, 0.05) is 25.3 Å². The number of rotatable bonds is 9. The van der Waals surface area contributed by atoms with Crippen molar-refractivity contribution in [1.29, 1.82) is 0 Å². The van der Waals surface area contributed by atoms with Gasteiger partial charge in [-0.15, -0.1) is 0 Å². The quantitative estimate of drug-likeness (QED) is 0.599. The molecule has 108 valence electrons. The fourth-order valence-electron chi connectivity index (χ4n) is 1.91. The molecule has 0 spiro atoms. The average molecular weight is 266 g/mol. The van der Waals surface area contributed by atoms with Gasteiger partial charge in [-0.2, -0.15) is 0 Å². The first-order chi connectivity index (χ1) is 9.20. The summed E-state index contributed by atoms with van der Waals surface area (Å²) in [4.78, 5) is 8.68. The Labute approximate surface area is 115 Å². The van der Waals surface area contributed by atoms with Crippen LogP contribution in [0.15, 0.2) is 6.33 Å². The van der Waals surface area contributed by atoms with Crippen LogP contribution < -0.4 is 10.6 Å². The Morgan fingerprint density at radius 2 is 1.74 bits per heavy atom. The molecule has 0 amide bonds. The Morgan fingerprint density at radius 3 is 2.26 bits per heavy atom. The van der Waals surface area contributed by atoms with Crippen LogP contribution >= 0.6 is 0 Å². The van der Waals surface area contributed by atoms with Crippen LogP contribution in [0, 0.1) is 0 Å². The molecule has 5 heteroatoms. The van der Waals surface area contributed by atoms with Crippen LogP contribution in [-0.2, 0) is 0 Å². The molecule has 0 unspecified atom stereocenters. The summed E-state index contributed by atoms with van der Waals surface area (Å²) in [6, 6.07) is 0. The van der Waals surface area contributed by atoms with Crippen molar-refractivity contribution in [3.05, 3.63) is 11.9 Å². The third-order valence-electron chi connectivity index (χ3n) is 2.88. The summed E-state index contributed by atoms with van der Waals surface area (Å²) in [5.41, 5.74) is 1.14. The topological polar surface area (TPSA) is 70.1 Å². The van der Waals surface area contributed by atoms with Crippen molar-refractivity contribution in [2.45, 2.75) is 46.0 Å². The monoisotopic (exact) mass is 266 g/mol. The van der Waals surface area contributed by atoms with Crippen molar-refractivity contribution >= 4 is 11.6 Å². The molecule has 3 N–H and O–H groups in total. The number of nitrogens with one attached hydrogen (secondary N) is 2. The van der Waals surface area contributed by atoms with Crippen LogP contribution in [0.25, 0.3) is 0 Å². The van der Waals surface area contributed by atoms with E-state index in [0.717, 1.165) is 49.6 Å². The van der Waals surface area contributed by atoms with Gasteiger partial charge in [-0.05, 0) is 25.2 Å². The first-order valence-electron chi connectivity index (χ1n) is 7.14. The van der Waals surface area contributed by atoms with Gasteiger partial charge in [0.1, 0.15) is 18.0 Å². The molecule has 0 bridgehead atoms. The minimum Gasteiger partial charge on any atom is -0.396 e. The van der Waals surface area contributed by atoms with Crippen molar-refractivity contribution in [2.24, 2.45) is 0 Å². The third kappa shape index (κ3) is 5.03. The Hall–Kier alpha value is -1.36. The third-order valence-corrected chi connectivity index (χ3v) is 2.88. The van der Waals surface area contributed by atoms with Gasteiger partial charge in [-0.1, -0.05) is 20.8 Å². The fraction of sp³-hybridized carbons (Fsp3) is 0.714. The summed E-state index contributed by atoms with van der Waals surface area (Å²) in [5, 5.41) is 15.5. The molecule has 0 saturated heterocycles. The predicted molar refractivity (Wildman–Crippen MR) is 79.7 cm³/mol. The molecule has 5 nitrogen and oxygen atoms in total. The second kappa shape index (κ2) is 8.69. The molecule has 0 aliphatic rings. The number of aliphatic hydroxyl groups excluding tert-OH is 1. The molecule has 0 aromatic carbocycles. The largest absolute Gasteiger partial charge is 0.396 e. The number of anilines is 2. The van der Waals surface area contributed by atoms with Crippen molar-refractivity contribution in [3.8, 4) is 0 Å².